The van der Waals surface area contributed by atoms with E-state index >= 15 is 0 Å². The van der Waals surface area contributed by atoms with E-state index in [0.29, 0.717) is 0 Å². The van der Waals surface area contributed by atoms with Crippen molar-refractivity contribution in [3.05, 3.63) is 46.2 Å². The van der Waals surface area contributed by atoms with Crippen molar-refractivity contribution < 1.29 is 0 Å². The quantitative estimate of drug-likeness (QED) is 0.889. The number of nitrogens with two attached hydrogens (primary N) is 1. The molecule has 0 aliphatic heterocycles. The summed E-state index contributed by atoms with van der Waals surface area (Å²) in [7, 11) is 2.11. The molecule has 0 radical (unpaired) electrons. The first-order chi connectivity index (χ1) is 9.63. The summed E-state index contributed by atoms with van der Waals surface area (Å²) >= 11 is 1.70. The number of thiazole rings is 1. The first kappa shape index (κ1) is 15.1. The molecule has 0 aliphatic rings. The standard InChI is InChI=1S/C15H22N4S/c1-4-12(16)15(13-7-5-6-8-17-13)19(3)9-14-11(2)18-10-20-14/h5-8,10,12,15H,4,9,16H2,1-3H3. The largest absolute Gasteiger partial charge is 0.326 e. The number of aryl methyl sites for hydroxylation is 1. The number of rotatable bonds is 6. The molecule has 0 saturated carbocycles. The highest BCUT2D eigenvalue weighted by Crippen LogP contribution is 2.25. The van der Waals surface area contributed by atoms with Gasteiger partial charge < -0.3 is 5.73 Å². The fourth-order valence-electron chi connectivity index (χ4n) is 2.35. The van der Waals surface area contributed by atoms with Crippen molar-refractivity contribution in [3.8, 4) is 0 Å². The van der Waals surface area contributed by atoms with Gasteiger partial charge in [0.2, 0.25) is 0 Å². The van der Waals surface area contributed by atoms with E-state index in [4.69, 9.17) is 5.73 Å². The Hall–Kier alpha value is -1.30. The van der Waals surface area contributed by atoms with Crippen LogP contribution in [0.2, 0.25) is 0 Å². The Morgan fingerprint density at radius 1 is 1.35 bits per heavy atom. The number of pyridine rings is 1. The van der Waals surface area contributed by atoms with E-state index in [-0.39, 0.29) is 12.1 Å². The highest BCUT2D eigenvalue weighted by Gasteiger charge is 2.24. The third-order valence-corrected chi connectivity index (χ3v) is 4.50. The van der Waals surface area contributed by atoms with Crippen LogP contribution in [-0.4, -0.2) is 28.0 Å². The minimum absolute atomic E-state index is 0.0723. The van der Waals surface area contributed by atoms with Crippen molar-refractivity contribution in [1.29, 1.82) is 0 Å². The van der Waals surface area contributed by atoms with Gasteiger partial charge in [-0.15, -0.1) is 11.3 Å². The molecule has 5 heteroatoms. The minimum Gasteiger partial charge on any atom is -0.326 e. The van der Waals surface area contributed by atoms with Gasteiger partial charge in [-0.3, -0.25) is 9.88 Å². The fraction of sp³-hybridized carbons (Fsp3) is 0.467. The Bertz CT molecular complexity index is 526. The van der Waals surface area contributed by atoms with Gasteiger partial charge in [0.05, 0.1) is 22.9 Å². The van der Waals surface area contributed by atoms with Gasteiger partial charge in [-0.2, -0.15) is 0 Å². The summed E-state index contributed by atoms with van der Waals surface area (Å²) in [6.45, 7) is 5.02. The number of aromatic nitrogens is 2. The SMILES string of the molecule is CCC(N)C(c1ccccn1)N(C)Cc1scnc1C. The normalized spacial score (nSPS) is 14.4. The summed E-state index contributed by atoms with van der Waals surface area (Å²) in [5.41, 5.74) is 10.4. The second-order valence-corrected chi connectivity index (χ2v) is 5.99. The van der Waals surface area contributed by atoms with Crippen LogP contribution in [0.4, 0.5) is 0 Å². The van der Waals surface area contributed by atoms with Gasteiger partial charge in [-0.25, -0.2) is 4.98 Å². The smallest absolute Gasteiger partial charge is 0.0798 e. The van der Waals surface area contributed by atoms with Crippen LogP contribution < -0.4 is 5.73 Å². The molecule has 0 aromatic carbocycles. The van der Waals surface area contributed by atoms with E-state index in [0.717, 1.165) is 24.4 Å². The highest BCUT2D eigenvalue weighted by atomic mass is 32.1. The maximum atomic E-state index is 6.32. The summed E-state index contributed by atoms with van der Waals surface area (Å²) < 4.78 is 0. The van der Waals surface area contributed by atoms with Gasteiger partial charge in [0.25, 0.3) is 0 Å². The van der Waals surface area contributed by atoms with Gasteiger partial charge in [-0.1, -0.05) is 13.0 Å². The van der Waals surface area contributed by atoms with Crippen LogP contribution in [0.25, 0.3) is 0 Å². The lowest BCUT2D eigenvalue weighted by atomic mass is 10.0. The van der Waals surface area contributed by atoms with Crippen LogP contribution in [0.1, 0.15) is 35.7 Å². The fourth-order valence-corrected chi connectivity index (χ4v) is 3.19. The second-order valence-electron chi connectivity index (χ2n) is 5.05. The van der Waals surface area contributed by atoms with E-state index in [1.807, 2.05) is 23.8 Å². The van der Waals surface area contributed by atoms with Gasteiger partial charge >= 0.3 is 0 Å². The van der Waals surface area contributed by atoms with Crippen molar-refractivity contribution in [1.82, 2.24) is 14.9 Å². The molecule has 2 N–H and O–H groups in total. The van der Waals surface area contributed by atoms with Crippen LogP contribution in [0.5, 0.6) is 0 Å². The van der Waals surface area contributed by atoms with E-state index in [2.05, 4.69) is 41.8 Å². The van der Waals surface area contributed by atoms with Crippen molar-refractivity contribution in [2.45, 2.75) is 38.9 Å². The number of likely N-dealkylation sites (N-methyl/N-ethyl adjacent to an activating group) is 1. The van der Waals surface area contributed by atoms with Crippen molar-refractivity contribution >= 4 is 11.3 Å². The summed E-state index contributed by atoms with van der Waals surface area (Å²) in [5.74, 6) is 0. The molecule has 0 saturated heterocycles. The zero-order valence-electron chi connectivity index (χ0n) is 12.3. The molecule has 0 spiro atoms. The van der Waals surface area contributed by atoms with Crippen LogP contribution in [0, 0.1) is 6.92 Å². The topological polar surface area (TPSA) is 55.0 Å². The molecule has 0 aliphatic carbocycles. The van der Waals surface area contributed by atoms with Crippen LogP contribution >= 0.6 is 11.3 Å². The highest BCUT2D eigenvalue weighted by molar-refractivity contribution is 7.09. The van der Waals surface area contributed by atoms with E-state index < -0.39 is 0 Å². The lowest BCUT2D eigenvalue weighted by Gasteiger charge is -2.31. The van der Waals surface area contributed by atoms with Crippen LogP contribution in [0.3, 0.4) is 0 Å². The lowest BCUT2D eigenvalue weighted by Crippen LogP contribution is -2.39. The Morgan fingerprint density at radius 3 is 2.70 bits per heavy atom. The zero-order valence-corrected chi connectivity index (χ0v) is 13.1. The summed E-state index contributed by atoms with van der Waals surface area (Å²) in [6.07, 6.45) is 2.75. The second kappa shape index (κ2) is 6.92. The third-order valence-electron chi connectivity index (χ3n) is 3.58. The Labute approximate surface area is 124 Å². The summed E-state index contributed by atoms with van der Waals surface area (Å²) in [6, 6.07) is 6.20. The van der Waals surface area contributed by atoms with Crippen LogP contribution in [-0.2, 0) is 6.54 Å². The molecule has 108 valence electrons. The van der Waals surface area contributed by atoms with Gasteiger partial charge in [0.1, 0.15) is 0 Å². The molecule has 2 aromatic heterocycles. The van der Waals surface area contributed by atoms with Gasteiger partial charge in [0, 0.05) is 23.7 Å². The molecule has 2 unspecified atom stereocenters. The molecule has 0 bridgehead atoms. The average Bonchev–Trinajstić information content (AvgIpc) is 2.85. The van der Waals surface area contributed by atoms with Crippen molar-refractivity contribution in [3.63, 3.8) is 0 Å². The molecule has 0 amide bonds. The van der Waals surface area contributed by atoms with Crippen LogP contribution in [0.15, 0.2) is 29.9 Å². The minimum atomic E-state index is 0.0723. The first-order valence-corrected chi connectivity index (χ1v) is 7.77. The molecule has 4 nitrogen and oxygen atoms in total. The first-order valence-electron chi connectivity index (χ1n) is 6.89. The molecule has 0 fully saturated rings. The molecular formula is C15H22N4S. The number of nitrogens with zero attached hydrogens (tertiary/aromatic N) is 3. The average molecular weight is 290 g/mol. The molecule has 20 heavy (non-hydrogen) atoms. The molecule has 2 rings (SSSR count). The van der Waals surface area contributed by atoms with Gasteiger partial charge in [-0.05, 0) is 32.5 Å². The van der Waals surface area contributed by atoms with Crippen molar-refractivity contribution in [2.24, 2.45) is 5.73 Å². The molecule has 2 heterocycles. The molecular weight excluding hydrogens is 268 g/mol. The van der Waals surface area contributed by atoms with Crippen molar-refractivity contribution in [2.75, 3.05) is 7.05 Å². The van der Waals surface area contributed by atoms with E-state index in [9.17, 15) is 0 Å². The predicted molar refractivity (Wildman–Crippen MR) is 83.6 cm³/mol. The third kappa shape index (κ3) is 3.42. The lowest BCUT2D eigenvalue weighted by molar-refractivity contribution is 0.198. The Kier molecular flexibility index (Phi) is 5.23. The summed E-state index contributed by atoms with van der Waals surface area (Å²) in [4.78, 5) is 12.4. The summed E-state index contributed by atoms with van der Waals surface area (Å²) in [5, 5.41) is 0. The number of hydrogen-bond acceptors (Lipinski definition) is 5. The predicted octanol–water partition coefficient (Wildman–Crippen LogP) is 2.76. The maximum absolute atomic E-state index is 6.32. The number of hydrogen-bond donors (Lipinski definition) is 1. The molecule has 2 aromatic rings. The van der Waals surface area contributed by atoms with E-state index in [1.54, 1.807) is 11.3 Å². The van der Waals surface area contributed by atoms with E-state index in [1.165, 1.54) is 4.88 Å². The molecule has 2 atom stereocenters. The Balaban J connectivity index is 2.21. The monoisotopic (exact) mass is 290 g/mol. The Morgan fingerprint density at radius 2 is 2.15 bits per heavy atom. The zero-order chi connectivity index (χ0) is 14.5. The maximum Gasteiger partial charge on any atom is 0.0798 e. The van der Waals surface area contributed by atoms with Gasteiger partial charge in [0.15, 0.2) is 0 Å².